The van der Waals surface area contributed by atoms with Crippen molar-refractivity contribution in [2.24, 2.45) is 5.92 Å². The molecule has 5 heteroatoms. The van der Waals surface area contributed by atoms with E-state index in [1.807, 2.05) is 6.33 Å². The molecular formula is C11H21N5. The molecule has 0 aromatic carbocycles. The van der Waals surface area contributed by atoms with E-state index in [1.54, 1.807) is 0 Å². The highest BCUT2D eigenvalue weighted by Crippen LogP contribution is 2.10. The van der Waals surface area contributed by atoms with Crippen molar-refractivity contribution < 1.29 is 0 Å². The van der Waals surface area contributed by atoms with Gasteiger partial charge in [-0.3, -0.25) is 4.90 Å². The maximum atomic E-state index is 4.13. The average molecular weight is 223 g/mol. The fourth-order valence-corrected chi connectivity index (χ4v) is 2.17. The lowest BCUT2D eigenvalue weighted by atomic mass is 10.1. The van der Waals surface area contributed by atoms with Crippen LogP contribution in [0.1, 0.15) is 19.7 Å². The molecular weight excluding hydrogens is 202 g/mol. The molecule has 1 aliphatic rings. The van der Waals surface area contributed by atoms with Gasteiger partial charge in [-0.15, -0.1) is 10.2 Å². The Morgan fingerprint density at radius 3 is 3.19 bits per heavy atom. The lowest BCUT2D eigenvalue weighted by Crippen LogP contribution is -2.38. The van der Waals surface area contributed by atoms with Gasteiger partial charge in [-0.1, -0.05) is 13.8 Å². The molecule has 1 aliphatic heterocycles. The maximum absolute atomic E-state index is 4.13. The molecule has 16 heavy (non-hydrogen) atoms. The fourth-order valence-electron chi connectivity index (χ4n) is 2.17. The van der Waals surface area contributed by atoms with E-state index in [4.69, 9.17) is 0 Å². The molecule has 0 fully saturated rings. The third-order valence-corrected chi connectivity index (χ3v) is 3.03. The molecule has 0 spiro atoms. The Morgan fingerprint density at radius 1 is 1.50 bits per heavy atom. The monoisotopic (exact) mass is 223 g/mol. The van der Waals surface area contributed by atoms with Crippen LogP contribution in [0.2, 0.25) is 0 Å². The van der Waals surface area contributed by atoms with E-state index in [1.165, 1.54) is 0 Å². The Kier molecular flexibility index (Phi) is 3.90. The van der Waals surface area contributed by atoms with Gasteiger partial charge in [0.1, 0.15) is 12.2 Å². The number of nitrogens with zero attached hydrogens (tertiary/aromatic N) is 4. The van der Waals surface area contributed by atoms with Crippen LogP contribution in [0.4, 0.5) is 0 Å². The number of hydrogen-bond donors (Lipinski definition) is 1. The third-order valence-electron chi connectivity index (χ3n) is 3.03. The van der Waals surface area contributed by atoms with Crippen LogP contribution in [0.15, 0.2) is 6.33 Å². The highest BCUT2D eigenvalue weighted by molar-refractivity contribution is 4.90. The summed E-state index contributed by atoms with van der Waals surface area (Å²) in [7, 11) is 0. The smallest absolute Gasteiger partial charge is 0.147 e. The topological polar surface area (TPSA) is 46.0 Å². The van der Waals surface area contributed by atoms with Gasteiger partial charge < -0.3 is 9.88 Å². The number of hydrogen-bond acceptors (Lipinski definition) is 4. The molecule has 0 amide bonds. The van der Waals surface area contributed by atoms with Gasteiger partial charge in [0, 0.05) is 19.6 Å². The van der Waals surface area contributed by atoms with E-state index in [0.29, 0.717) is 5.92 Å². The molecule has 0 saturated carbocycles. The van der Waals surface area contributed by atoms with Crippen molar-refractivity contribution in [2.45, 2.75) is 26.9 Å². The first kappa shape index (κ1) is 11.5. The molecule has 2 heterocycles. The largest absolute Gasteiger partial charge is 0.317 e. The van der Waals surface area contributed by atoms with Crippen LogP contribution in [0.3, 0.4) is 0 Å². The second-order valence-electron chi connectivity index (χ2n) is 4.59. The summed E-state index contributed by atoms with van der Waals surface area (Å²) in [5.41, 5.74) is 0. The van der Waals surface area contributed by atoms with Gasteiger partial charge in [-0.25, -0.2) is 0 Å². The number of fused-ring (bicyclic) bond motifs is 1. The van der Waals surface area contributed by atoms with E-state index >= 15 is 0 Å². The average Bonchev–Trinajstić information content (AvgIpc) is 2.73. The molecule has 1 atom stereocenters. The summed E-state index contributed by atoms with van der Waals surface area (Å²) in [4.78, 5) is 2.46. The molecule has 2 rings (SSSR count). The standard InChI is InChI=1S/C11H21N5/c1-3-12-6-10(2)7-15-4-5-16-9-13-14-11(16)8-15/h9-10,12H,3-8H2,1-2H3. The van der Waals surface area contributed by atoms with Crippen molar-refractivity contribution >= 4 is 0 Å². The normalized spacial score (nSPS) is 18.4. The Bertz CT molecular complexity index is 322. The lowest BCUT2D eigenvalue weighted by Gasteiger charge is -2.29. The summed E-state index contributed by atoms with van der Waals surface area (Å²) < 4.78 is 2.14. The summed E-state index contributed by atoms with van der Waals surface area (Å²) in [6.45, 7) is 10.8. The van der Waals surface area contributed by atoms with E-state index in [-0.39, 0.29) is 0 Å². The molecule has 1 aromatic rings. The molecule has 0 saturated heterocycles. The Hall–Kier alpha value is -0.940. The SMILES string of the molecule is CCNCC(C)CN1CCn2cnnc2C1. The molecule has 1 unspecified atom stereocenters. The van der Waals surface area contributed by atoms with Gasteiger partial charge in [0.05, 0.1) is 6.54 Å². The zero-order valence-electron chi connectivity index (χ0n) is 10.2. The minimum absolute atomic E-state index is 0.689. The Balaban J connectivity index is 1.80. The van der Waals surface area contributed by atoms with Gasteiger partial charge in [0.2, 0.25) is 0 Å². The minimum atomic E-state index is 0.689. The predicted octanol–water partition coefficient (Wildman–Crippen LogP) is 0.339. The van der Waals surface area contributed by atoms with Crippen molar-refractivity contribution in [3.05, 3.63) is 12.2 Å². The molecule has 90 valence electrons. The minimum Gasteiger partial charge on any atom is -0.317 e. The van der Waals surface area contributed by atoms with Gasteiger partial charge >= 0.3 is 0 Å². The molecule has 0 aliphatic carbocycles. The van der Waals surface area contributed by atoms with Crippen LogP contribution >= 0.6 is 0 Å². The van der Waals surface area contributed by atoms with Gasteiger partial charge in [-0.2, -0.15) is 0 Å². The van der Waals surface area contributed by atoms with Gasteiger partial charge in [0.15, 0.2) is 0 Å². The maximum Gasteiger partial charge on any atom is 0.147 e. The first-order valence-electron chi connectivity index (χ1n) is 6.09. The third kappa shape index (κ3) is 2.80. The van der Waals surface area contributed by atoms with E-state index < -0.39 is 0 Å². The molecule has 0 radical (unpaired) electrons. The number of rotatable bonds is 5. The van der Waals surface area contributed by atoms with Crippen LogP contribution in [0.5, 0.6) is 0 Å². The summed E-state index contributed by atoms with van der Waals surface area (Å²) >= 11 is 0. The number of aromatic nitrogens is 3. The highest BCUT2D eigenvalue weighted by Gasteiger charge is 2.18. The van der Waals surface area contributed by atoms with Crippen LogP contribution in [0.25, 0.3) is 0 Å². The van der Waals surface area contributed by atoms with Crippen molar-refractivity contribution in [3.63, 3.8) is 0 Å². The lowest BCUT2D eigenvalue weighted by molar-refractivity contribution is 0.188. The summed E-state index contributed by atoms with van der Waals surface area (Å²) in [6.07, 6.45) is 1.83. The second-order valence-corrected chi connectivity index (χ2v) is 4.59. The van der Waals surface area contributed by atoms with Crippen molar-refractivity contribution in [2.75, 3.05) is 26.2 Å². The van der Waals surface area contributed by atoms with Crippen LogP contribution < -0.4 is 5.32 Å². The molecule has 1 aromatic heterocycles. The quantitative estimate of drug-likeness (QED) is 0.782. The Labute approximate surface area is 96.8 Å². The summed E-state index contributed by atoms with van der Waals surface area (Å²) in [5, 5.41) is 11.5. The highest BCUT2D eigenvalue weighted by atomic mass is 15.3. The first-order chi connectivity index (χ1) is 7.79. The molecule has 5 nitrogen and oxygen atoms in total. The molecule has 1 N–H and O–H groups in total. The van der Waals surface area contributed by atoms with Crippen molar-refractivity contribution in [3.8, 4) is 0 Å². The van der Waals surface area contributed by atoms with Crippen molar-refractivity contribution in [1.29, 1.82) is 0 Å². The molecule has 0 bridgehead atoms. The van der Waals surface area contributed by atoms with Crippen molar-refractivity contribution in [1.82, 2.24) is 25.0 Å². The predicted molar refractivity (Wildman–Crippen MR) is 63.0 cm³/mol. The van der Waals surface area contributed by atoms with E-state index in [9.17, 15) is 0 Å². The van der Waals surface area contributed by atoms with Gasteiger partial charge in [0.25, 0.3) is 0 Å². The van der Waals surface area contributed by atoms with Crippen LogP contribution in [-0.4, -0.2) is 45.8 Å². The zero-order chi connectivity index (χ0) is 11.4. The summed E-state index contributed by atoms with van der Waals surface area (Å²) in [5.74, 6) is 1.79. The fraction of sp³-hybridized carbons (Fsp3) is 0.818. The van der Waals surface area contributed by atoms with Crippen LogP contribution in [0, 0.1) is 5.92 Å². The van der Waals surface area contributed by atoms with E-state index in [0.717, 1.165) is 45.1 Å². The number of nitrogens with one attached hydrogen (secondary N) is 1. The Morgan fingerprint density at radius 2 is 2.38 bits per heavy atom. The van der Waals surface area contributed by atoms with E-state index in [2.05, 4.69) is 38.8 Å². The summed E-state index contributed by atoms with van der Waals surface area (Å²) in [6, 6.07) is 0. The second kappa shape index (κ2) is 5.41. The van der Waals surface area contributed by atoms with Crippen LogP contribution in [-0.2, 0) is 13.1 Å². The zero-order valence-corrected chi connectivity index (χ0v) is 10.2. The first-order valence-corrected chi connectivity index (χ1v) is 6.09. The van der Waals surface area contributed by atoms with Gasteiger partial charge in [-0.05, 0) is 19.0 Å².